The van der Waals surface area contributed by atoms with Crippen LogP contribution in [-0.2, 0) is 17.8 Å². The van der Waals surface area contributed by atoms with Crippen molar-refractivity contribution in [1.29, 1.82) is 0 Å². The van der Waals surface area contributed by atoms with Gasteiger partial charge in [-0.15, -0.1) is 0 Å². The molecule has 29 heavy (non-hydrogen) atoms. The fraction of sp³-hybridized carbons (Fsp3) is 0.333. The molecule has 5 nitrogen and oxygen atoms in total. The van der Waals surface area contributed by atoms with Gasteiger partial charge < -0.3 is 9.47 Å². The third-order valence-electron chi connectivity index (χ3n) is 6.36. The molecule has 2 aliphatic rings. The summed E-state index contributed by atoms with van der Waals surface area (Å²) in [5, 5.41) is 5.55. The van der Waals surface area contributed by atoms with E-state index in [-0.39, 0.29) is 5.91 Å². The first-order valence-corrected chi connectivity index (χ1v) is 10.5. The number of fused-ring (bicyclic) bond motifs is 3. The van der Waals surface area contributed by atoms with E-state index in [2.05, 4.69) is 40.2 Å². The van der Waals surface area contributed by atoms with Crippen molar-refractivity contribution in [3.8, 4) is 0 Å². The average Bonchev–Trinajstić information content (AvgIpc) is 3.05. The molecule has 1 aromatic heterocycles. The highest BCUT2D eigenvalue weighted by Gasteiger charge is 2.38. The highest BCUT2D eigenvalue weighted by atomic mass is 16.2. The number of hydrogen-bond donors (Lipinski definition) is 2. The summed E-state index contributed by atoms with van der Waals surface area (Å²) in [7, 11) is 0. The molecule has 2 heterocycles. The van der Waals surface area contributed by atoms with Gasteiger partial charge in [0.2, 0.25) is 0 Å². The molecule has 2 N–H and O–H groups in total. The van der Waals surface area contributed by atoms with Crippen LogP contribution in [-0.4, -0.2) is 29.8 Å². The van der Waals surface area contributed by atoms with E-state index in [9.17, 15) is 4.79 Å². The lowest BCUT2D eigenvalue weighted by molar-refractivity contribution is -0.929. The molecule has 0 bridgehead atoms. The van der Waals surface area contributed by atoms with Gasteiger partial charge in [-0.25, -0.2) is 5.43 Å². The number of hydrazone groups is 1. The van der Waals surface area contributed by atoms with Crippen molar-refractivity contribution in [2.45, 2.75) is 38.8 Å². The van der Waals surface area contributed by atoms with Crippen LogP contribution in [0.15, 0.2) is 53.6 Å². The van der Waals surface area contributed by atoms with Gasteiger partial charge in [-0.05, 0) is 43.0 Å². The number of amides is 1. The molecule has 0 saturated carbocycles. The van der Waals surface area contributed by atoms with Crippen LogP contribution < -0.4 is 10.3 Å². The Bertz CT molecular complexity index is 1080. The summed E-state index contributed by atoms with van der Waals surface area (Å²) >= 11 is 0. The first kappa shape index (κ1) is 18.1. The molecular weight excluding hydrogens is 360 g/mol. The van der Waals surface area contributed by atoms with Gasteiger partial charge in [0.15, 0.2) is 6.54 Å². The van der Waals surface area contributed by atoms with E-state index in [4.69, 9.17) is 0 Å². The van der Waals surface area contributed by atoms with E-state index in [1.54, 1.807) is 6.21 Å². The summed E-state index contributed by atoms with van der Waals surface area (Å²) < 4.78 is 2.52. The molecular formula is C24H27N4O+. The third kappa shape index (κ3) is 3.36. The Balaban J connectivity index is 1.34. The van der Waals surface area contributed by atoms with E-state index in [1.807, 2.05) is 30.3 Å². The number of rotatable bonds is 4. The van der Waals surface area contributed by atoms with Gasteiger partial charge >= 0.3 is 0 Å². The van der Waals surface area contributed by atoms with Gasteiger partial charge in [0, 0.05) is 17.3 Å². The van der Waals surface area contributed by atoms with Crippen LogP contribution in [0.25, 0.3) is 10.9 Å². The second-order valence-corrected chi connectivity index (χ2v) is 8.27. The van der Waals surface area contributed by atoms with Crippen LogP contribution in [0.5, 0.6) is 0 Å². The van der Waals surface area contributed by atoms with Crippen molar-refractivity contribution in [2.75, 3.05) is 13.1 Å². The minimum atomic E-state index is -0.0142. The number of aromatic nitrogens is 1. The van der Waals surface area contributed by atoms with E-state index in [0.29, 0.717) is 12.6 Å². The number of benzene rings is 2. The first-order chi connectivity index (χ1) is 14.2. The highest BCUT2D eigenvalue weighted by Crippen LogP contribution is 2.37. The number of carbonyl (C=O) groups is 1. The third-order valence-corrected chi connectivity index (χ3v) is 6.36. The van der Waals surface area contributed by atoms with Crippen molar-refractivity contribution in [3.05, 3.63) is 70.9 Å². The maximum Gasteiger partial charge on any atom is 0.295 e. The maximum atomic E-state index is 12.5. The molecule has 1 aliphatic carbocycles. The molecule has 1 amide bonds. The number of carbonyl (C=O) groups excluding carboxylic acids is 1. The summed E-state index contributed by atoms with van der Waals surface area (Å²) in [6, 6.07) is 17.1. The van der Waals surface area contributed by atoms with Crippen LogP contribution >= 0.6 is 0 Å². The molecule has 0 radical (unpaired) electrons. The van der Waals surface area contributed by atoms with Crippen molar-refractivity contribution in [2.24, 2.45) is 5.10 Å². The predicted molar refractivity (Wildman–Crippen MR) is 115 cm³/mol. The highest BCUT2D eigenvalue weighted by molar-refractivity contribution is 5.87. The second kappa shape index (κ2) is 7.48. The number of nitrogens with zero attached hydrogens (tertiary/aromatic N) is 2. The largest absolute Gasteiger partial charge is 0.334 e. The minimum absolute atomic E-state index is 0.0142. The molecule has 0 fully saturated rings. The molecule has 0 saturated heterocycles. The molecule has 1 unspecified atom stereocenters. The quantitative estimate of drug-likeness (QED) is 0.524. The Kier molecular flexibility index (Phi) is 4.68. The minimum Gasteiger partial charge on any atom is -0.334 e. The fourth-order valence-electron chi connectivity index (χ4n) is 5.08. The van der Waals surface area contributed by atoms with E-state index >= 15 is 0 Å². The lowest BCUT2D eigenvalue weighted by atomic mass is 9.89. The smallest absolute Gasteiger partial charge is 0.295 e. The van der Waals surface area contributed by atoms with Crippen LogP contribution in [0, 0.1) is 6.92 Å². The Hall–Kier alpha value is -2.92. The lowest BCUT2D eigenvalue weighted by Gasteiger charge is -2.36. The van der Waals surface area contributed by atoms with E-state index < -0.39 is 0 Å². The molecule has 2 aromatic carbocycles. The lowest BCUT2D eigenvalue weighted by Crippen LogP contribution is -3.14. The van der Waals surface area contributed by atoms with Gasteiger partial charge in [0.25, 0.3) is 5.91 Å². The molecule has 0 spiro atoms. The van der Waals surface area contributed by atoms with Gasteiger partial charge in [-0.1, -0.05) is 42.0 Å². The fourth-order valence-corrected chi connectivity index (χ4v) is 5.08. The number of quaternary nitrogens is 1. The van der Waals surface area contributed by atoms with Gasteiger partial charge in [-0.3, -0.25) is 4.79 Å². The standard InChI is InChI=1S/C24H26N4O/c1-17-10-11-21-20(14-17)19-8-5-9-22-24(19)28(21)13-12-27(22)16-23(29)26-25-15-18-6-3-2-4-7-18/h2-4,6-7,10-11,14-15,22H,5,8-9,12-13,16H2,1H3,(H,26,29)/p+1/b25-15-/t22-/m1/s1. The average molecular weight is 388 g/mol. The summed E-state index contributed by atoms with van der Waals surface area (Å²) in [6.45, 7) is 4.59. The number of nitrogens with one attached hydrogen (secondary N) is 2. The Morgan fingerprint density at radius 1 is 1.28 bits per heavy atom. The number of aryl methyl sites for hydroxylation is 2. The van der Waals surface area contributed by atoms with E-state index in [0.717, 1.165) is 31.5 Å². The predicted octanol–water partition coefficient (Wildman–Crippen LogP) is 2.38. The Labute approximate surface area is 171 Å². The van der Waals surface area contributed by atoms with Crippen molar-refractivity contribution in [1.82, 2.24) is 9.99 Å². The maximum absolute atomic E-state index is 12.5. The SMILES string of the molecule is Cc1ccc2c(c1)c1c3n2CC[NH+](CC(=O)N/N=C\c2ccccc2)[C@@H]3CCC1. The second-order valence-electron chi connectivity index (χ2n) is 8.27. The molecule has 1 aliphatic heterocycles. The molecule has 5 heteroatoms. The summed E-state index contributed by atoms with van der Waals surface area (Å²) in [5.41, 5.74) is 9.37. The topological polar surface area (TPSA) is 50.8 Å². The monoisotopic (exact) mass is 387 g/mol. The molecule has 5 rings (SSSR count). The Morgan fingerprint density at radius 3 is 3.00 bits per heavy atom. The van der Waals surface area contributed by atoms with Gasteiger partial charge in [0.1, 0.15) is 6.04 Å². The zero-order chi connectivity index (χ0) is 19.8. The van der Waals surface area contributed by atoms with Gasteiger partial charge in [-0.2, -0.15) is 5.10 Å². The van der Waals surface area contributed by atoms with E-state index in [1.165, 1.54) is 39.0 Å². The number of hydrogen-bond acceptors (Lipinski definition) is 2. The van der Waals surface area contributed by atoms with Gasteiger partial charge in [0.05, 0.1) is 25.0 Å². The summed E-state index contributed by atoms with van der Waals surface area (Å²) in [4.78, 5) is 13.9. The zero-order valence-corrected chi connectivity index (χ0v) is 16.8. The molecule has 2 atom stereocenters. The summed E-state index contributed by atoms with van der Waals surface area (Å²) in [6.07, 6.45) is 5.20. The van der Waals surface area contributed by atoms with Crippen molar-refractivity contribution >= 4 is 23.0 Å². The zero-order valence-electron chi connectivity index (χ0n) is 16.8. The van der Waals surface area contributed by atoms with Crippen LogP contribution in [0.4, 0.5) is 0 Å². The first-order valence-electron chi connectivity index (χ1n) is 10.5. The van der Waals surface area contributed by atoms with Crippen LogP contribution in [0.2, 0.25) is 0 Å². The van der Waals surface area contributed by atoms with Crippen molar-refractivity contribution in [3.63, 3.8) is 0 Å². The Morgan fingerprint density at radius 2 is 2.14 bits per heavy atom. The summed E-state index contributed by atoms with van der Waals surface area (Å²) in [5.74, 6) is -0.0142. The van der Waals surface area contributed by atoms with Crippen LogP contribution in [0.3, 0.4) is 0 Å². The molecule has 148 valence electrons. The van der Waals surface area contributed by atoms with Crippen LogP contribution in [0.1, 0.15) is 41.3 Å². The van der Waals surface area contributed by atoms with Crippen molar-refractivity contribution < 1.29 is 9.69 Å². The normalized spacial score (nSPS) is 20.7. The molecule has 3 aromatic rings.